The Morgan fingerprint density at radius 1 is 1.04 bits per heavy atom. The van der Waals surface area contributed by atoms with Gasteiger partial charge in [0, 0.05) is 19.3 Å². The van der Waals surface area contributed by atoms with Crippen LogP contribution in [-0.2, 0) is 9.53 Å². The molecular formula is C21H32N2O3. The molecule has 0 aromatic heterocycles. The minimum atomic E-state index is -0.665. The van der Waals surface area contributed by atoms with Gasteiger partial charge in [-0.05, 0) is 63.0 Å². The van der Waals surface area contributed by atoms with Crippen molar-refractivity contribution >= 4 is 11.6 Å². The van der Waals surface area contributed by atoms with Crippen LogP contribution < -0.4 is 10.1 Å². The molecule has 1 aromatic rings. The molecular weight excluding hydrogens is 328 g/mol. The molecule has 1 aromatic carbocycles. The Labute approximate surface area is 157 Å². The fraction of sp³-hybridized carbons (Fsp3) is 0.667. The number of carbonyl (C=O) groups excluding carboxylic acids is 1. The lowest BCUT2D eigenvalue weighted by molar-refractivity contribution is -0.141. The summed E-state index contributed by atoms with van der Waals surface area (Å²) in [6.07, 6.45) is 8.83. The molecule has 0 radical (unpaired) electrons. The van der Waals surface area contributed by atoms with E-state index in [1.54, 1.807) is 7.11 Å². The quantitative estimate of drug-likeness (QED) is 0.803. The largest absolute Gasteiger partial charge is 0.492 e. The Hall–Kier alpha value is -1.59. The molecule has 1 aliphatic carbocycles. The number of likely N-dealkylation sites (tertiary alicyclic amines) is 1. The van der Waals surface area contributed by atoms with Gasteiger partial charge < -0.3 is 14.8 Å². The van der Waals surface area contributed by atoms with Gasteiger partial charge in [0.2, 0.25) is 0 Å². The van der Waals surface area contributed by atoms with E-state index in [2.05, 4.69) is 10.2 Å². The molecule has 1 aliphatic heterocycles. The topological polar surface area (TPSA) is 50.8 Å². The smallest absolute Gasteiger partial charge is 0.256 e. The third kappa shape index (κ3) is 4.98. The SMILES string of the molecule is COC1(C(=O)Nc2ccc(OCCN3CCCCC3)cc2)CCCCC1. The number of anilines is 1. The third-order valence-electron chi connectivity index (χ3n) is 5.70. The number of carbonyl (C=O) groups is 1. The first-order chi connectivity index (χ1) is 12.7. The number of amides is 1. The Bertz CT molecular complexity index is 561. The number of ether oxygens (including phenoxy) is 2. The molecule has 0 spiro atoms. The van der Waals surface area contributed by atoms with E-state index in [9.17, 15) is 4.79 Å². The number of hydrogen-bond donors (Lipinski definition) is 1. The number of nitrogens with one attached hydrogen (secondary N) is 1. The minimum Gasteiger partial charge on any atom is -0.492 e. The highest BCUT2D eigenvalue weighted by Crippen LogP contribution is 2.32. The van der Waals surface area contributed by atoms with E-state index in [1.165, 1.54) is 38.8 Å². The molecule has 1 amide bonds. The van der Waals surface area contributed by atoms with Crippen molar-refractivity contribution in [3.05, 3.63) is 24.3 Å². The van der Waals surface area contributed by atoms with Gasteiger partial charge in [-0.2, -0.15) is 0 Å². The van der Waals surface area contributed by atoms with Gasteiger partial charge >= 0.3 is 0 Å². The molecule has 144 valence electrons. The maximum absolute atomic E-state index is 12.7. The van der Waals surface area contributed by atoms with Crippen LogP contribution in [0.15, 0.2) is 24.3 Å². The van der Waals surface area contributed by atoms with Crippen molar-refractivity contribution in [1.29, 1.82) is 0 Å². The van der Waals surface area contributed by atoms with E-state index in [4.69, 9.17) is 9.47 Å². The molecule has 1 heterocycles. The Morgan fingerprint density at radius 2 is 1.69 bits per heavy atom. The number of hydrogen-bond acceptors (Lipinski definition) is 4. The van der Waals surface area contributed by atoms with Crippen LogP contribution >= 0.6 is 0 Å². The standard InChI is InChI=1S/C21H32N2O3/c1-25-21(12-4-2-5-13-21)20(24)22-18-8-10-19(11-9-18)26-17-16-23-14-6-3-7-15-23/h8-11H,2-7,12-17H2,1H3,(H,22,24). The third-order valence-corrected chi connectivity index (χ3v) is 5.70. The van der Waals surface area contributed by atoms with Crippen LogP contribution in [0.25, 0.3) is 0 Å². The predicted octanol–water partition coefficient (Wildman–Crippen LogP) is 3.84. The first-order valence-electron chi connectivity index (χ1n) is 10.0. The lowest BCUT2D eigenvalue weighted by Crippen LogP contribution is -2.46. The van der Waals surface area contributed by atoms with E-state index in [1.807, 2.05) is 24.3 Å². The van der Waals surface area contributed by atoms with Crippen LogP contribution in [0.1, 0.15) is 51.4 Å². The Kier molecular flexibility index (Phi) is 6.92. The number of methoxy groups -OCH3 is 1. The molecule has 26 heavy (non-hydrogen) atoms. The normalized spacial score (nSPS) is 20.5. The van der Waals surface area contributed by atoms with Crippen molar-refractivity contribution in [3.63, 3.8) is 0 Å². The number of benzene rings is 1. The van der Waals surface area contributed by atoms with Gasteiger partial charge in [0.1, 0.15) is 18.0 Å². The summed E-state index contributed by atoms with van der Waals surface area (Å²) in [5.41, 5.74) is 0.127. The summed E-state index contributed by atoms with van der Waals surface area (Å²) in [5.74, 6) is 0.817. The van der Waals surface area contributed by atoms with Crippen LogP contribution in [0.3, 0.4) is 0 Å². The van der Waals surface area contributed by atoms with Crippen molar-refractivity contribution in [3.8, 4) is 5.75 Å². The number of piperidine rings is 1. The summed E-state index contributed by atoms with van der Waals surface area (Å²) in [5, 5.41) is 3.01. The van der Waals surface area contributed by atoms with Gasteiger partial charge in [-0.15, -0.1) is 0 Å². The van der Waals surface area contributed by atoms with Gasteiger partial charge in [-0.1, -0.05) is 25.7 Å². The first kappa shape index (κ1) is 19.2. The van der Waals surface area contributed by atoms with Crippen molar-refractivity contribution < 1.29 is 14.3 Å². The highest BCUT2D eigenvalue weighted by molar-refractivity contribution is 5.97. The van der Waals surface area contributed by atoms with Crippen LogP contribution in [0.5, 0.6) is 5.75 Å². The summed E-state index contributed by atoms with van der Waals surface area (Å²) >= 11 is 0. The number of rotatable bonds is 7. The van der Waals surface area contributed by atoms with E-state index < -0.39 is 5.60 Å². The zero-order chi connectivity index (χ0) is 18.2. The average Bonchev–Trinajstić information content (AvgIpc) is 2.70. The van der Waals surface area contributed by atoms with E-state index >= 15 is 0 Å². The monoisotopic (exact) mass is 360 g/mol. The Balaban J connectivity index is 1.46. The van der Waals surface area contributed by atoms with Gasteiger partial charge in [-0.25, -0.2) is 0 Å². The second kappa shape index (κ2) is 9.38. The van der Waals surface area contributed by atoms with Gasteiger partial charge in [-0.3, -0.25) is 9.69 Å². The molecule has 0 atom stereocenters. The summed E-state index contributed by atoms with van der Waals surface area (Å²) < 4.78 is 11.5. The van der Waals surface area contributed by atoms with Crippen molar-refractivity contribution in [1.82, 2.24) is 4.90 Å². The van der Waals surface area contributed by atoms with Gasteiger partial charge in [0.25, 0.3) is 5.91 Å². The first-order valence-corrected chi connectivity index (χ1v) is 10.0. The van der Waals surface area contributed by atoms with Gasteiger partial charge in [0.15, 0.2) is 0 Å². The van der Waals surface area contributed by atoms with Crippen molar-refractivity contribution in [2.45, 2.75) is 57.0 Å². The Morgan fingerprint density at radius 3 is 2.35 bits per heavy atom. The van der Waals surface area contributed by atoms with E-state index in [0.717, 1.165) is 43.7 Å². The molecule has 1 saturated heterocycles. The molecule has 2 aliphatic rings. The van der Waals surface area contributed by atoms with Crippen LogP contribution in [0.4, 0.5) is 5.69 Å². The molecule has 2 fully saturated rings. The highest BCUT2D eigenvalue weighted by Gasteiger charge is 2.39. The second-order valence-corrected chi connectivity index (χ2v) is 7.49. The summed E-state index contributed by atoms with van der Waals surface area (Å²) in [7, 11) is 1.64. The molecule has 3 rings (SSSR count). The molecule has 0 unspecified atom stereocenters. The molecule has 1 saturated carbocycles. The zero-order valence-electron chi connectivity index (χ0n) is 16.0. The zero-order valence-corrected chi connectivity index (χ0v) is 16.0. The van der Waals surface area contributed by atoms with Crippen molar-refractivity contribution in [2.24, 2.45) is 0 Å². The predicted molar refractivity (Wildman–Crippen MR) is 104 cm³/mol. The maximum Gasteiger partial charge on any atom is 0.256 e. The fourth-order valence-electron chi connectivity index (χ4n) is 4.00. The summed E-state index contributed by atoms with van der Waals surface area (Å²) in [6.45, 7) is 4.07. The average molecular weight is 360 g/mol. The van der Waals surface area contributed by atoms with Crippen molar-refractivity contribution in [2.75, 3.05) is 38.7 Å². The van der Waals surface area contributed by atoms with Crippen LogP contribution in [-0.4, -0.2) is 49.8 Å². The molecule has 5 nitrogen and oxygen atoms in total. The lowest BCUT2D eigenvalue weighted by Gasteiger charge is -2.34. The van der Waals surface area contributed by atoms with Crippen LogP contribution in [0, 0.1) is 0 Å². The summed E-state index contributed by atoms with van der Waals surface area (Å²) in [6, 6.07) is 7.65. The number of nitrogens with zero attached hydrogens (tertiary/aromatic N) is 1. The molecule has 1 N–H and O–H groups in total. The van der Waals surface area contributed by atoms with Gasteiger partial charge in [0.05, 0.1) is 0 Å². The maximum atomic E-state index is 12.7. The van der Waals surface area contributed by atoms with E-state index in [0.29, 0.717) is 6.61 Å². The molecule has 5 heteroatoms. The summed E-state index contributed by atoms with van der Waals surface area (Å²) in [4.78, 5) is 15.1. The molecule has 0 bridgehead atoms. The second-order valence-electron chi connectivity index (χ2n) is 7.49. The fourth-order valence-corrected chi connectivity index (χ4v) is 4.00. The van der Waals surface area contributed by atoms with Crippen LogP contribution in [0.2, 0.25) is 0 Å². The minimum absolute atomic E-state index is 0.0292. The van der Waals surface area contributed by atoms with E-state index in [-0.39, 0.29) is 5.91 Å². The lowest BCUT2D eigenvalue weighted by atomic mass is 9.84. The highest BCUT2D eigenvalue weighted by atomic mass is 16.5.